The highest BCUT2D eigenvalue weighted by Crippen LogP contribution is 2.21. The van der Waals surface area contributed by atoms with E-state index in [1.807, 2.05) is 26.8 Å². The summed E-state index contributed by atoms with van der Waals surface area (Å²) in [5.41, 5.74) is 0.687. The van der Waals surface area contributed by atoms with Gasteiger partial charge in [0.25, 0.3) is 5.91 Å². The van der Waals surface area contributed by atoms with E-state index in [4.69, 9.17) is 5.21 Å². The Morgan fingerprint density at radius 3 is 2.11 bits per heavy atom. The first-order valence-electron chi connectivity index (χ1n) is 9.61. The molecule has 0 aromatic heterocycles. The minimum absolute atomic E-state index is 0.206. The van der Waals surface area contributed by atoms with Crippen molar-refractivity contribution in [2.24, 2.45) is 0 Å². The second-order valence-electron chi connectivity index (χ2n) is 8.43. The van der Waals surface area contributed by atoms with Crippen LogP contribution in [0.5, 0.6) is 0 Å². The lowest BCUT2D eigenvalue weighted by molar-refractivity contribution is -0.132. The lowest BCUT2D eigenvalue weighted by Crippen LogP contribution is -2.60. The van der Waals surface area contributed by atoms with Crippen molar-refractivity contribution >= 4 is 17.7 Å². The molecule has 0 bridgehead atoms. The van der Waals surface area contributed by atoms with Gasteiger partial charge < -0.3 is 10.2 Å². The third-order valence-corrected chi connectivity index (χ3v) is 4.40. The van der Waals surface area contributed by atoms with E-state index in [0.29, 0.717) is 31.4 Å². The zero-order valence-corrected chi connectivity index (χ0v) is 17.5. The Balaban J connectivity index is 2.92. The standard InChI is InChI=1S/C21H33N3O4/c1-20(2,3)22-19(27)21(4,5)24(15-11-7-10-14-17(25)23-28)18(26)16-12-8-6-9-13-16/h6,8-9,12-13,28H,7,10-11,14-15H2,1-5H3,(H,22,27)(H,23,25). The number of rotatable bonds is 9. The van der Waals surface area contributed by atoms with Crippen LogP contribution in [0.4, 0.5) is 0 Å². The van der Waals surface area contributed by atoms with Crippen LogP contribution in [0, 0.1) is 0 Å². The summed E-state index contributed by atoms with van der Waals surface area (Å²) in [5, 5.41) is 11.5. The minimum atomic E-state index is -1.04. The summed E-state index contributed by atoms with van der Waals surface area (Å²) in [5.74, 6) is -0.853. The molecule has 0 aliphatic rings. The number of benzene rings is 1. The number of hydrogen-bond acceptors (Lipinski definition) is 4. The molecule has 1 aromatic rings. The molecule has 7 nitrogen and oxygen atoms in total. The molecular weight excluding hydrogens is 358 g/mol. The highest BCUT2D eigenvalue weighted by molar-refractivity contribution is 5.99. The van der Waals surface area contributed by atoms with Crippen molar-refractivity contribution in [3.63, 3.8) is 0 Å². The summed E-state index contributed by atoms with van der Waals surface area (Å²) in [4.78, 5) is 38.7. The molecule has 0 saturated heterocycles. The van der Waals surface area contributed by atoms with Crippen molar-refractivity contribution < 1.29 is 19.6 Å². The van der Waals surface area contributed by atoms with Crippen LogP contribution in [0.3, 0.4) is 0 Å². The van der Waals surface area contributed by atoms with Crippen LogP contribution in [0.1, 0.15) is 70.7 Å². The van der Waals surface area contributed by atoms with Gasteiger partial charge in [-0.2, -0.15) is 0 Å². The average molecular weight is 392 g/mol. The normalized spacial score (nSPS) is 11.6. The Kier molecular flexibility index (Phi) is 8.63. The molecule has 7 heteroatoms. The molecule has 0 spiro atoms. The Morgan fingerprint density at radius 1 is 0.964 bits per heavy atom. The summed E-state index contributed by atoms with van der Waals surface area (Å²) >= 11 is 0. The summed E-state index contributed by atoms with van der Waals surface area (Å²) in [6, 6.07) is 8.89. The number of hydroxylamine groups is 1. The maximum absolute atomic E-state index is 13.1. The van der Waals surface area contributed by atoms with Crippen LogP contribution in [-0.4, -0.2) is 45.5 Å². The van der Waals surface area contributed by atoms with Crippen molar-refractivity contribution in [3.8, 4) is 0 Å². The monoisotopic (exact) mass is 391 g/mol. The largest absolute Gasteiger partial charge is 0.349 e. The zero-order valence-electron chi connectivity index (χ0n) is 17.5. The quantitative estimate of drug-likeness (QED) is 0.342. The number of unbranched alkanes of at least 4 members (excludes halogenated alkanes) is 2. The van der Waals surface area contributed by atoms with Crippen LogP contribution in [-0.2, 0) is 9.59 Å². The Bertz CT molecular complexity index is 666. The molecule has 0 unspecified atom stereocenters. The van der Waals surface area contributed by atoms with Crippen LogP contribution >= 0.6 is 0 Å². The van der Waals surface area contributed by atoms with E-state index < -0.39 is 17.0 Å². The molecule has 0 aliphatic carbocycles. The average Bonchev–Trinajstić information content (AvgIpc) is 2.63. The van der Waals surface area contributed by atoms with Gasteiger partial charge in [-0.15, -0.1) is 0 Å². The minimum Gasteiger partial charge on any atom is -0.349 e. The van der Waals surface area contributed by atoms with E-state index in [-0.39, 0.29) is 18.2 Å². The molecule has 3 amide bonds. The van der Waals surface area contributed by atoms with Gasteiger partial charge in [0.2, 0.25) is 11.8 Å². The third kappa shape index (κ3) is 7.31. The first-order chi connectivity index (χ1) is 13.0. The Labute approximate surface area is 167 Å². The first-order valence-corrected chi connectivity index (χ1v) is 9.61. The molecule has 3 N–H and O–H groups in total. The lowest BCUT2D eigenvalue weighted by atomic mass is 9.96. The van der Waals surface area contributed by atoms with Crippen LogP contribution in [0.2, 0.25) is 0 Å². The van der Waals surface area contributed by atoms with E-state index >= 15 is 0 Å². The van der Waals surface area contributed by atoms with Crippen LogP contribution in [0.15, 0.2) is 30.3 Å². The molecule has 1 rings (SSSR count). The number of carbonyl (C=O) groups is 3. The van der Waals surface area contributed by atoms with E-state index in [9.17, 15) is 14.4 Å². The number of nitrogens with zero attached hydrogens (tertiary/aromatic N) is 1. The van der Waals surface area contributed by atoms with Crippen molar-refractivity contribution in [1.82, 2.24) is 15.7 Å². The molecule has 1 aromatic carbocycles. The van der Waals surface area contributed by atoms with E-state index in [2.05, 4.69) is 5.32 Å². The van der Waals surface area contributed by atoms with Gasteiger partial charge in [-0.3, -0.25) is 19.6 Å². The Morgan fingerprint density at radius 2 is 1.57 bits per heavy atom. The number of amides is 3. The van der Waals surface area contributed by atoms with E-state index in [1.165, 1.54) is 0 Å². The molecule has 0 fully saturated rings. The van der Waals surface area contributed by atoms with Gasteiger partial charge in [-0.25, -0.2) is 5.48 Å². The van der Waals surface area contributed by atoms with Crippen molar-refractivity contribution in [1.29, 1.82) is 0 Å². The summed E-state index contributed by atoms with van der Waals surface area (Å²) in [6.45, 7) is 9.57. The maximum Gasteiger partial charge on any atom is 0.254 e. The lowest BCUT2D eigenvalue weighted by Gasteiger charge is -2.39. The predicted octanol–water partition coefficient (Wildman–Crippen LogP) is 2.89. The summed E-state index contributed by atoms with van der Waals surface area (Å²) in [6.07, 6.45) is 2.15. The first kappa shape index (κ1) is 23.6. The third-order valence-electron chi connectivity index (χ3n) is 4.40. The molecule has 0 radical (unpaired) electrons. The molecule has 0 atom stereocenters. The number of nitrogens with one attached hydrogen (secondary N) is 2. The van der Waals surface area contributed by atoms with E-state index in [0.717, 1.165) is 0 Å². The number of hydrogen-bond donors (Lipinski definition) is 3. The molecule has 156 valence electrons. The molecule has 0 aliphatic heterocycles. The van der Waals surface area contributed by atoms with Gasteiger partial charge in [0.15, 0.2) is 0 Å². The van der Waals surface area contributed by atoms with Gasteiger partial charge in [0, 0.05) is 24.1 Å². The van der Waals surface area contributed by atoms with Crippen molar-refractivity contribution in [2.45, 2.75) is 71.4 Å². The van der Waals surface area contributed by atoms with Crippen molar-refractivity contribution in [2.75, 3.05) is 6.54 Å². The van der Waals surface area contributed by atoms with Gasteiger partial charge in [-0.05, 0) is 59.6 Å². The predicted molar refractivity (Wildman–Crippen MR) is 108 cm³/mol. The highest BCUT2D eigenvalue weighted by Gasteiger charge is 2.39. The molecule has 0 heterocycles. The molecule has 0 saturated carbocycles. The van der Waals surface area contributed by atoms with Crippen molar-refractivity contribution in [3.05, 3.63) is 35.9 Å². The fraction of sp³-hybridized carbons (Fsp3) is 0.571. The SMILES string of the molecule is CC(C)(C)NC(=O)C(C)(C)N(CCCCCC(=O)NO)C(=O)c1ccccc1. The smallest absolute Gasteiger partial charge is 0.254 e. The maximum atomic E-state index is 13.1. The molecule has 28 heavy (non-hydrogen) atoms. The second-order valence-corrected chi connectivity index (χ2v) is 8.43. The summed E-state index contributed by atoms with van der Waals surface area (Å²) < 4.78 is 0. The summed E-state index contributed by atoms with van der Waals surface area (Å²) in [7, 11) is 0. The fourth-order valence-corrected chi connectivity index (χ4v) is 2.78. The van der Waals surface area contributed by atoms with E-state index in [1.54, 1.807) is 48.5 Å². The van der Waals surface area contributed by atoms with Crippen LogP contribution < -0.4 is 10.8 Å². The number of carbonyl (C=O) groups excluding carboxylic acids is 3. The topological polar surface area (TPSA) is 98.7 Å². The van der Waals surface area contributed by atoms with Gasteiger partial charge in [0.05, 0.1) is 0 Å². The zero-order chi connectivity index (χ0) is 21.4. The van der Waals surface area contributed by atoms with Gasteiger partial charge >= 0.3 is 0 Å². The fourth-order valence-electron chi connectivity index (χ4n) is 2.78. The van der Waals surface area contributed by atoms with Crippen LogP contribution in [0.25, 0.3) is 0 Å². The highest BCUT2D eigenvalue weighted by atomic mass is 16.5. The second kappa shape index (κ2) is 10.2. The van der Waals surface area contributed by atoms with Gasteiger partial charge in [0.1, 0.15) is 5.54 Å². The Hall–Kier alpha value is -2.41. The molecular formula is C21H33N3O4. The van der Waals surface area contributed by atoms with Gasteiger partial charge in [-0.1, -0.05) is 24.6 Å².